The van der Waals surface area contributed by atoms with Crippen molar-refractivity contribution in [3.8, 4) is 0 Å². The molecule has 2 unspecified atom stereocenters. The van der Waals surface area contributed by atoms with Crippen LogP contribution in [0.2, 0.25) is 0 Å². The summed E-state index contributed by atoms with van der Waals surface area (Å²) in [5.74, 6) is -0.157. The fraction of sp³-hybridized carbons (Fsp3) is 0.500. The largest absolute Gasteiger partial charge is 0.460 e. The van der Waals surface area contributed by atoms with Gasteiger partial charge in [0, 0.05) is 0 Å². The number of hydrogen-bond donors (Lipinski definition) is 1. The monoisotopic (exact) mass is 232 g/mol. The highest BCUT2D eigenvalue weighted by atomic mass is 16.5. The highest BCUT2D eigenvalue weighted by molar-refractivity contribution is 5.85. The van der Waals surface area contributed by atoms with E-state index in [-0.39, 0.29) is 12.1 Å². The minimum Gasteiger partial charge on any atom is -0.460 e. The summed E-state index contributed by atoms with van der Waals surface area (Å²) in [4.78, 5) is 12.1. The molecule has 1 aromatic rings. The summed E-state index contributed by atoms with van der Waals surface area (Å²) in [5.41, 5.74) is 1.56. The Balaban J connectivity index is 2.11. The van der Waals surface area contributed by atoms with Crippen molar-refractivity contribution in [3.05, 3.63) is 35.4 Å². The first-order chi connectivity index (χ1) is 8.22. The van der Waals surface area contributed by atoms with E-state index in [2.05, 4.69) is 0 Å². The molecular weight excluding hydrogens is 216 g/mol. The van der Waals surface area contributed by atoms with Crippen molar-refractivity contribution >= 4 is 5.97 Å². The number of rotatable bonds is 0. The van der Waals surface area contributed by atoms with Crippen LogP contribution < -0.4 is 0 Å². The van der Waals surface area contributed by atoms with Crippen molar-refractivity contribution in [1.29, 1.82) is 0 Å². The molecule has 1 aliphatic heterocycles. The molecule has 2 aliphatic rings. The van der Waals surface area contributed by atoms with Crippen molar-refractivity contribution in [1.82, 2.24) is 0 Å². The number of aliphatic hydroxyl groups excluding tert-OH is 1. The molecule has 0 radical (unpaired) electrons. The molecule has 3 heteroatoms. The first-order valence-electron chi connectivity index (χ1n) is 6.16. The maximum absolute atomic E-state index is 12.1. The Morgan fingerprint density at radius 2 is 2.18 bits per heavy atom. The lowest BCUT2D eigenvalue weighted by atomic mass is 9.66. The Hall–Kier alpha value is -1.35. The highest BCUT2D eigenvalue weighted by Gasteiger charge is 2.48. The average Bonchev–Trinajstić information content (AvgIpc) is 2.35. The number of benzene rings is 1. The van der Waals surface area contributed by atoms with E-state index in [0.717, 1.165) is 30.4 Å². The lowest BCUT2D eigenvalue weighted by Gasteiger charge is -2.41. The van der Waals surface area contributed by atoms with Crippen LogP contribution in [0.3, 0.4) is 0 Å². The second-order valence-corrected chi connectivity index (χ2v) is 5.07. The predicted molar refractivity (Wildman–Crippen MR) is 62.4 cm³/mol. The van der Waals surface area contributed by atoms with Gasteiger partial charge in [0.1, 0.15) is 6.61 Å². The van der Waals surface area contributed by atoms with Crippen LogP contribution in [0.5, 0.6) is 0 Å². The number of esters is 1. The van der Waals surface area contributed by atoms with E-state index in [4.69, 9.17) is 4.74 Å². The molecule has 1 heterocycles. The highest BCUT2D eigenvalue weighted by Crippen LogP contribution is 2.44. The Morgan fingerprint density at radius 3 is 3.00 bits per heavy atom. The van der Waals surface area contributed by atoms with Crippen molar-refractivity contribution < 1.29 is 14.6 Å². The summed E-state index contributed by atoms with van der Waals surface area (Å²) in [5, 5.41) is 9.86. The smallest absolute Gasteiger partial charge is 0.317 e. The summed E-state index contributed by atoms with van der Waals surface area (Å²) >= 11 is 0. The fourth-order valence-corrected chi connectivity index (χ4v) is 3.18. The van der Waals surface area contributed by atoms with Gasteiger partial charge in [0.2, 0.25) is 0 Å². The lowest BCUT2D eigenvalue weighted by Crippen LogP contribution is -2.46. The molecule has 90 valence electrons. The number of aliphatic hydroxyl groups is 1. The number of carbonyl (C=O) groups excluding carboxylic acids is 1. The second kappa shape index (κ2) is 3.84. The number of ether oxygens (including phenoxy) is 1. The van der Waals surface area contributed by atoms with Gasteiger partial charge in [0.25, 0.3) is 0 Å². The van der Waals surface area contributed by atoms with Gasteiger partial charge >= 0.3 is 5.97 Å². The van der Waals surface area contributed by atoms with E-state index in [1.54, 1.807) is 0 Å². The summed E-state index contributed by atoms with van der Waals surface area (Å²) in [6.07, 6.45) is 2.58. The molecular formula is C14H16O3. The minimum absolute atomic E-state index is 0.157. The molecule has 17 heavy (non-hydrogen) atoms. The van der Waals surface area contributed by atoms with E-state index < -0.39 is 5.41 Å². The first-order valence-corrected chi connectivity index (χ1v) is 6.16. The third kappa shape index (κ3) is 1.57. The number of cyclic esters (lactones) is 1. The predicted octanol–water partition coefficient (Wildman–Crippen LogP) is 1.92. The van der Waals surface area contributed by atoms with Gasteiger partial charge in [-0.05, 0) is 36.8 Å². The van der Waals surface area contributed by atoms with Crippen LogP contribution in [0.4, 0.5) is 0 Å². The quantitative estimate of drug-likeness (QED) is 0.695. The first kappa shape index (κ1) is 10.8. The van der Waals surface area contributed by atoms with Crippen molar-refractivity contribution in [2.24, 2.45) is 0 Å². The Labute approximate surface area is 100 Å². The van der Waals surface area contributed by atoms with E-state index in [0.29, 0.717) is 13.0 Å². The van der Waals surface area contributed by atoms with Crippen LogP contribution >= 0.6 is 0 Å². The van der Waals surface area contributed by atoms with Gasteiger partial charge in [-0.2, -0.15) is 0 Å². The Bertz CT molecular complexity index is 455. The zero-order valence-corrected chi connectivity index (χ0v) is 9.69. The third-order valence-electron chi connectivity index (χ3n) is 4.01. The minimum atomic E-state index is -0.591. The van der Waals surface area contributed by atoms with Gasteiger partial charge in [-0.25, -0.2) is 0 Å². The van der Waals surface area contributed by atoms with Gasteiger partial charge in [-0.15, -0.1) is 0 Å². The molecule has 1 spiro atoms. The molecule has 0 aromatic heterocycles. The third-order valence-corrected chi connectivity index (χ3v) is 4.01. The topological polar surface area (TPSA) is 46.5 Å². The van der Waals surface area contributed by atoms with Crippen molar-refractivity contribution in [2.45, 2.75) is 43.8 Å². The standard InChI is InChI=1S/C14H16O3/c15-11-5-3-7-14(8-11)12-6-2-1-4-10(12)9-17-13(14)16/h1-2,4,6,11,15H,3,5,7-9H2. The van der Waals surface area contributed by atoms with Gasteiger partial charge < -0.3 is 9.84 Å². The van der Waals surface area contributed by atoms with Gasteiger partial charge in [-0.1, -0.05) is 24.3 Å². The molecule has 1 aromatic carbocycles. The normalized spacial score (nSPS) is 32.1. The molecule has 3 rings (SSSR count). The van der Waals surface area contributed by atoms with E-state index >= 15 is 0 Å². The molecule has 1 N–H and O–H groups in total. The molecule has 2 atom stereocenters. The van der Waals surface area contributed by atoms with E-state index in [1.807, 2.05) is 24.3 Å². The molecule has 0 amide bonds. The fourth-order valence-electron chi connectivity index (χ4n) is 3.18. The summed E-state index contributed by atoms with van der Waals surface area (Å²) < 4.78 is 5.30. The Morgan fingerprint density at radius 1 is 1.35 bits per heavy atom. The van der Waals surface area contributed by atoms with Crippen LogP contribution in [0, 0.1) is 0 Å². The van der Waals surface area contributed by atoms with Crippen LogP contribution in [0.1, 0.15) is 36.8 Å². The summed E-state index contributed by atoms with van der Waals surface area (Å²) in [6, 6.07) is 7.93. The molecule has 3 nitrogen and oxygen atoms in total. The van der Waals surface area contributed by atoms with Crippen LogP contribution in [0.15, 0.2) is 24.3 Å². The molecule has 0 bridgehead atoms. The maximum atomic E-state index is 12.1. The van der Waals surface area contributed by atoms with Crippen LogP contribution in [0.25, 0.3) is 0 Å². The van der Waals surface area contributed by atoms with E-state index in [9.17, 15) is 9.90 Å². The molecule has 1 fully saturated rings. The molecule has 0 saturated heterocycles. The average molecular weight is 232 g/mol. The van der Waals surface area contributed by atoms with Gasteiger partial charge in [0.15, 0.2) is 0 Å². The lowest BCUT2D eigenvalue weighted by molar-refractivity contribution is -0.157. The SMILES string of the molecule is O=C1OCc2ccccc2C12CCCC(O)C2. The van der Waals surface area contributed by atoms with Crippen molar-refractivity contribution in [3.63, 3.8) is 0 Å². The number of carbonyl (C=O) groups is 1. The van der Waals surface area contributed by atoms with Gasteiger partial charge in [0.05, 0.1) is 11.5 Å². The molecule has 1 aliphatic carbocycles. The van der Waals surface area contributed by atoms with Crippen LogP contribution in [-0.2, 0) is 21.6 Å². The molecule has 1 saturated carbocycles. The van der Waals surface area contributed by atoms with Crippen molar-refractivity contribution in [2.75, 3.05) is 0 Å². The summed E-state index contributed by atoms with van der Waals surface area (Å²) in [7, 11) is 0. The zero-order valence-electron chi connectivity index (χ0n) is 9.69. The van der Waals surface area contributed by atoms with Gasteiger partial charge in [-0.3, -0.25) is 4.79 Å². The summed E-state index contributed by atoms with van der Waals surface area (Å²) in [6.45, 7) is 0.368. The maximum Gasteiger partial charge on any atom is 0.317 e. The number of hydrogen-bond acceptors (Lipinski definition) is 3. The number of fused-ring (bicyclic) bond motifs is 2. The Kier molecular flexibility index (Phi) is 2.44. The second-order valence-electron chi connectivity index (χ2n) is 5.07. The zero-order chi connectivity index (χ0) is 11.9. The van der Waals surface area contributed by atoms with E-state index in [1.165, 1.54) is 0 Å². The van der Waals surface area contributed by atoms with Crippen LogP contribution in [-0.4, -0.2) is 17.2 Å².